The smallest absolute Gasteiger partial charge is 0.414 e. The molecule has 27 heavy (non-hydrogen) atoms. The van der Waals surface area contributed by atoms with E-state index in [1.54, 1.807) is 7.05 Å². The molecular formula is C20H22F2N2O2S. The number of halogens is 2. The van der Waals surface area contributed by atoms with Gasteiger partial charge >= 0.3 is 6.09 Å². The minimum atomic E-state index is -0.599. The lowest BCUT2D eigenvalue weighted by atomic mass is 10.0. The van der Waals surface area contributed by atoms with E-state index in [0.29, 0.717) is 24.1 Å². The summed E-state index contributed by atoms with van der Waals surface area (Å²) >= 11 is 1.41. The largest absolute Gasteiger partial charge is 0.446 e. The molecule has 4 nitrogen and oxygen atoms in total. The van der Waals surface area contributed by atoms with Gasteiger partial charge in [0.1, 0.15) is 22.7 Å². The summed E-state index contributed by atoms with van der Waals surface area (Å²) in [5.41, 5.74) is 1.21. The number of thiophene rings is 1. The summed E-state index contributed by atoms with van der Waals surface area (Å²) in [6, 6.07) is 6.32. The maximum Gasteiger partial charge on any atom is 0.414 e. The summed E-state index contributed by atoms with van der Waals surface area (Å²) in [7, 11) is 1.67. The Hall–Kier alpha value is -1.99. The standard InChI is InChI=1S/C20H22F2N2O2S/c1-24(20(25)26-17-10-15-4-5-16(11-17)23-15)19-13(6-7-27-19)8-12-2-3-14(21)9-18(12)22/h2-3,6-7,9,15-17,23H,4-5,8,10-11H2,1H3. The molecular weight excluding hydrogens is 370 g/mol. The molecule has 3 heterocycles. The summed E-state index contributed by atoms with van der Waals surface area (Å²) in [5, 5.41) is 6.12. The van der Waals surface area contributed by atoms with E-state index < -0.39 is 11.6 Å². The highest BCUT2D eigenvalue weighted by Crippen LogP contribution is 2.32. The van der Waals surface area contributed by atoms with Crippen molar-refractivity contribution >= 4 is 22.4 Å². The normalized spacial score (nSPS) is 24.0. The van der Waals surface area contributed by atoms with Crippen LogP contribution in [0.4, 0.5) is 18.6 Å². The van der Waals surface area contributed by atoms with Crippen molar-refractivity contribution in [3.63, 3.8) is 0 Å². The first-order valence-corrected chi connectivity index (χ1v) is 10.1. The van der Waals surface area contributed by atoms with Gasteiger partial charge in [-0.05, 0) is 54.3 Å². The number of piperidine rings is 1. The summed E-state index contributed by atoms with van der Waals surface area (Å²) in [6.45, 7) is 0. The van der Waals surface area contributed by atoms with Crippen molar-refractivity contribution < 1.29 is 18.3 Å². The van der Waals surface area contributed by atoms with E-state index in [2.05, 4.69) is 5.32 Å². The third-order valence-electron chi connectivity index (χ3n) is 5.40. The van der Waals surface area contributed by atoms with Crippen molar-refractivity contribution in [1.82, 2.24) is 5.32 Å². The number of nitrogens with zero attached hydrogens (tertiary/aromatic N) is 1. The van der Waals surface area contributed by atoms with Gasteiger partial charge in [0.2, 0.25) is 0 Å². The number of nitrogens with one attached hydrogen (secondary N) is 1. The topological polar surface area (TPSA) is 41.6 Å². The number of amides is 1. The maximum atomic E-state index is 14.0. The quantitative estimate of drug-likeness (QED) is 0.835. The Morgan fingerprint density at radius 2 is 1.96 bits per heavy atom. The molecule has 2 atom stereocenters. The number of carbonyl (C=O) groups is 1. The SMILES string of the molecule is CN(C(=O)OC1CC2CCC(C1)N2)c1sccc1Cc1ccc(F)cc1F. The van der Waals surface area contributed by atoms with Crippen molar-refractivity contribution in [3.8, 4) is 0 Å². The monoisotopic (exact) mass is 392 g/mol. The van der Waals surface area contributed by atoms with Crippen LogP contribution in [0.15, 0.2) is 29.6 Å². The fourth-order valence-electron chi connectivity index (χ4n) is 4.03. The zero-order valence-corrected chi connectivity index (χ0v) is 15.9. The molecule has 2 fully saturated rings. The molecule has 2 bridgehead atoms. The molecule has 0 spiro atoms. The third-order valence-corrected chi connectivity index (χ3v) is 6.43. The lowest BCUT2D eigenvalue weighted by Crippen LogP contribution is -2.43. The molecule has 0 saturated carbocycles. The van der Waals surface area contributed by atoms with E-state index in [0.717, 1.165) is 42.3 Å². The van der Waals surface area contributed by atoms with Crippen molar-refractivity contribution in [1.29, 1.82) is 0 Å². The van der Waals surface area contributed by atoms with Gasteiger partial charge in [0.05, 0.1) is 0 Å². The summed E-state index contributed by atoms with van der Waals surface area (Å²) in [4.78, 5) is 14.1. The van der Waals surface area contributed by atoms with E-state index in [9.17, 15) is 13.6 Å². The molecule has 0 radical (unpaired) electrons. The Balaban J connectivity index is 1.44. The van der Waals surface area contributed by atoms with Gasteiger partial charge in [0.25, 0.3) is 0 Å². The molecule has 1 N–H and O–H groups in total. The molecule has 4 rings (SSSR count). The Bertz CT molecular complexity index is 829. The van der Waals surface area contributed by atoms with E-state index in [1.807, 2.05) is 11.4 Å². The van der Waals surface area contributed by atoms with Crippen LogP contribution < -0.4 is 10.2 Å². The van der Waals surface area contributed by atoms with Gasteiger partial charge in [-0.3, -0.25) is 4.90 Å². The van der Waals surface area contributed by atoms with Gasteiger partial charge in [0, 0.05) is 31.6 Å². The summed E-state index contributed by atoms with van der Waals surface area (Å²) in [6.07, 6.45) is 3.85. The first kappa shape index (κ1) is 18.4. The van der Waals surface area contributed by atoms with Crippen molar-refractivity contribution in [2.75, 3.05) is 11.9 Å². The molecule has 1 aromatic carbocycles. The number of fused-ring (bicyclic) bond motifs is 2. The molecule has 0 aliphatic carbocycles. The number of rotatable bonds is 4. The van der Waals surface area contributed by atoms with Gasteiger partial charge in [-0.25, -0.2) is 13.6 Å². The molecule has 2 unspecified atom stereocenters. The Morgan fingerprint density at radius 1 is 1.22 bits per heavy atom. The predicted octanol–water partition coefficient (Wildman–Crippen LogP) is 4.47. The minimum Gasteiger partial charge on any atom is -0.446 e. The second-order valence-electron chi connectivity index (χ2n) is 7.34. The zero-order chi connectivity index (χ0) is 19.0. The highest BCUT2D eigenvalue weighted by Gasteiger charge is 2.36. The molecule has 1 amide bonds. The van der Waals surface area contributed by atoms with Crippen molar-refractivity contribution in [2.24, 2.45) is 0 Å². The Labute approximate surface area is 161 Å². The van der Waals surface area contributed by atoms with Gasteiger partial charge < -0.3 is 10.1 Å². The summed E-state index contributed by atoms with van der Waals surface area (Å²) in [5.74, 6) is -1.18. The molecule has 144 valence electrons. The van der Waals surface area contributed by atoms with E-state index in [4.69, 9.17) is 4.74 Å². The minimum absolute atomic E-state index is 0.0587. The van der Waals surface area contributed by atoms with E-state index in [-0.39, 0.29) is 12.2 Å². The number of hydrogen-bond donors (Lipinski definition) is 1. The van der Waals surface area contributed by atoms with Crippen LogP contribution in [0.25, 0.3) is 0 Å². The molecule has 2 aromatic rings. The van der Waals surface area contributed by atoms with Crippen molar-refractivity contribution in [2.45, 2.75) is 50.3 Å². The van der Waals surface area contributed by atoms with E-state index >= 15 is 0 Å². The average Bonchev–Trinajstić information content (AvgIpc) is 3.22. The fraction of sp³-hybridized carbons (Fsp3) is 0.450. The van der Waals surface area contributed by atoms with Crippen molar-refractivity contribution in [3.05, 3.63) is 52.4 Å². The predicted molar refractivity (Wildman–Crippen MR) is 101 cm³/mol. The lowest BCUT2D eigenvalue weighted by molar-refractivity contribution is 0.0731. The number of carbonyl (C=O) groups excluding carboxylic acids is 1. The number of benzene rings is 1. The first-order chi connectivity index (χ1) is 13.0. The Morgan fingerprint density at radius 3 is 2.67 bits per heavy atom. The Kier molecular flexibility index (Phi) is 5.14. The highest BCUT2D eigenvalue weighted by molar-refractivity contribution is 7.14. The van der Waals surface area contributed by atoms with Crippen LogP contribution in [0.3, 0.4) is 0 Å². The summed E-state index contributed by atoms with van der Waals surface area (Å²) < 4.78 is 32.8. The van der Waals surface area contributed by atoms with Crippen LogP contribution in [0.1, 0.15) is 36.8 Å². The molecule has 2 aliphatic rings. The van der Waals surface area contributed by atoms with Crippen LogP contribution in [0.2, 0.25) is 0 Å². The number of hydrogen-bond acceptors (Lipinski definition) is 4. The molecule has 2 aliphatic heterocycles. The van der Waals surface area contributed by atoms with E-state index in [1.165, 1.54) is 28.4 Å². The van der Waals surface area contributed by atoms with Crippen LogP contribution >= 0.6 is 11.3 Å². The molecule has 7 heteroatoms. The molecule has 2 saturated heterocycles. The molecule has 1 aromatic heterocycles. The van der Waals surface area contributed by atoms with Gasteiger partial charge in [-0.15, -0.1) is 11.3 Å². The number of anilines is 1. The van der Waals surface area contributed by atoms with Crippen LogP contribution in [0, 0.1) is 11.6 Å². The van der Waals surface area contributed by atoms with Crippen LogP contribution in [-0.2, 0) is 11.2 Å². The third kappa shape index (κ3) is 3.99. The average molecular weight is 392 g/mol. The second-order valence-corrected chi connectivity index (χ2v) is 8.23. The van der Waals surface area contributed by atoms with Gasteiger partial charge in [-0.1, -0.05) is 6.07 Å². The van der Waals surface area contributed by atoms with Crippen LogP contribution in [0.5, 0.6) is 0 Å². The van der Waals surface area contributed by atoms with Gasteiger partial charge in [0.15, 0.2) is 0 Å². The highest BCUT2D eigenvalue weighted by atomic mass is 32.1. The maximum absolute atomic E-state index is 14.0. The second kappa shape index (κ2) is 7.56. The van der Waals surface area contributed by atoms with Gasteiger partial charge in [-0.2, -0.15) is 0 Å². The lowest BCUT2D eigenvalue weighted by Gasteiger charge is -2.30. The fourth-order valence-corrected chi connectivity index (χ4v) is 4.92. The first-order valence-electron chi connectivity index (χ1n) is 9.20. The zero-order valence-electron chi connectivity index (χ0n) is 15.1. The number of ether oxygens (including phenoxy) is 1. The van der Waals surface area contributed by atoms with Crippen LogP contribution in [-0.4, -0.2) is 31.3 Å².